The number of carbonyl (C=O) groups excluding carboxylic acids is 15. The molecule has 38 nitrogen and oxygen atoms in total. The first kappa shape index (κ1) is 94.6. The van der Waals surface area contributed by atoms with Gasteiger partial charge in [-0.1, -0.05) is 54.6 Å². The van der Waals surface area contributed by atoms with E-state index >= 15 is 0 Å². The van der Waals surface area contributed by atoms with Crippen LogP contribution in [-0.4, -0.2) is 157 Å². The standard InChI is InChI=1S/C18H15N3O5S.C18H15N3O4S.C18H19N3O4S.C16H14N4O4S.C15H15N3O5S/c1-2-26-14(23)9-13(22)11-7-8-27-17(11)21-16(24)15-10-5-3-4-6-12(10)19-18(25)20-15;1-2-25-18(24)21-16(23)13-8-10-26-17(13)20-15(22)12-5-3-7-14-11(12)6-4-9-19-14;1-2-25-18(24)21-15(22)12-9-10-26-17(12)20-16(23)14-8-7-11-5-3-4-6-13(11)19-14;1-2-24-16(23)19-13(21)10-6-8-25-15(10)18-14(22)11-9-17-12-5-3-4-7-20(11)12;1-3-23-15(22)17-13(21)10-6-7-24-14(10)16-12(20)9-4-5-11(19)18(2)8-9/h3-8H,2,9H2,1H3,(H,21,24)(H,19,20,25);3-10H,2H2,1H3,(H,20,22)(H,21,23,24);3-6,9-10,14,19H,2,7-8H2,1H3,(H,20,23)(H,21,22,24);3-9H,2H2,1H3,(H,18,22)(H,19,21,23);4-8H,3H2,1-2H3,(H,16,20)(H,17,21,22). The summed E-state index contributed by atoms with van der Waals surface area (Å²) in [5.74, 6) is -5.75. The van der Waals surface area contributed by atoms with Gasteiger partial charge in [0.25, 0.3) is 47.3 Å². The number of ketones is 1. The largest absolute Gasteiger partial charge is 0.466 e. The number of fused-ring (bicyclic) bond motifs is 4. The van der Waals surface area contributed by atoms with Crippen LogP contribution >= 0.6 is 56.7 Å². The number of amides is 13. The minimum absolute atomic E-state index is 0.0495. The van der Waals surface area contributed by atoms with E-state index in [0.29, 0.717) is 60.1 Å². The molecule has 1 aliphatic heterocycles. The number of nitrogens with zero attached hydrogens (tertiary/aromatic N) is 5. The third kappa shape index (κ3) is 25.8. The van der Waals surface area contributed by atoms with Gasteiger partial charge in [0.1, 0.15) is 54.5 Å². The number of aromatic nitrogens is 6. The number of alkyl carbamates (subject to hydrolysis) is 4. The number of imidazole rings is 1. The molecule has 0 aliphatic carbocycles. The average Bonchev–Trinajstić information content (AvgIpc) is 1.06. The van der Waals surface area contributed by atoms with Crippen LogP contribution in [0.3, 0.4) is 0 Å². The zero-order valence-corrected chi connectivity index (χ0v) is 72.6. The summed E-state index contributed by atoms with van der Waals surface area (Å²) in [6.07, 6.45) is 3.94. The SMILES string of the molecule is CCOC(=O)CC(=O)c1ccsc1NC(=O)c1nc(=O)[nH]c2ccccc12.CCOC(=O)NC(=O)c1ccsc1NC(=O)C1CCc2ccccc2N1.CCOC(=O)NC(=O)c1ccsc1NC(=O)c1ccc(=O)n(C)c1.CCOC(=O)NC(=O)c1ccsc1NC(=O)c1cccc2ncccc12.CCOC(=O)NC(=O)c1ccsc1NC(=O)c1cnc2ccccn12. The molecule has 1 atom stereocenters. The Bertz CT molecular complexity index is 6460. The Morgan fingerprint density at radius 2 is 0.938 bits per heavy atom. The quantitative estimate of drug-likeness (QED) is 0.0130. The lowest BCUT2D eigenvalue weighted by atomic mass is 9.98. The number of ether oxygens (including phenoxy) is 5. The molecular weight excluding hydrogens is 1760 g/mol. The first-order valence-corrected chi connectivity index (χ1v) is 42.9. The number of hydrogen-bond acceptors (Lipinski definition) is 31. The van der Waals surface area contributed by atoms with Crippen LogP contribution < -0.4 is 64.4 Å². The highest BCUT2D eigenvalue weighted by molar-refractivity contribution is 7.16. The number of aromatic amines is 1. The number of pyridine rings is 3. The minimum atomic E-state index is -0.857. The summed E-state index contributed by atoms with van der Waals surface area (Å²) in [6, 6.07) is 38.7. The van der Waals surface area contributed by atoms with Gasteiger partial charge in [-0.15, -0.1) is 56.7 Å². The number of Topliss-reactive ketones (excluding diaryl/α,β-unsaturated/α-hetero) is 1. The molecule has 11 N–H and O–H groups in total. The van der Waals surface area contributed by atoms with Crippen molar-refractivity contribution in [1.29, 1.82) is 0 Å². The maximum absolute atomic E-state index is 12.7. The number of rotatable bonds is 22. The van der Waals surface area contributed by atoms with Crippen molar-refractivity contribution in [2.75, 3.05) is 64.9 Å². The van der Waals surface area contributed by atoms with Crippen molar-refractivity contribution in [3.8, 4) is 0 Å². The van der Waals surface area contributed by atoms with Gasteiger partial charge in [-0.05, 0) is 159 Å². The van der Waals surface area contributed by atoms with E-state index in [1.54, 1.807) is 145 Å². The van der Waals surface area contributed by atoms with Crippen LogP contribution in [0.15, 0.2) is 201 Å². The number of anilines is 6. The van der Waals surface area contributed by atoms with Gasteiger partial charge in [-0.2, -0.15) is 4.98 Å². The Morgan fingerprint density at radius 3 is 1.49 bits per heavy atom. The molecule has 13 amide bonds. The molecule has 13 aromatic rings. The number of thiophene rings is 5. The smallest absolute Gasteiger partial charge is 0.414 e. The lowest BCUT2D eigenvalue weighted by Gasteiger charge is -2.26. The fourth-order valence-electron chi connectivity index (χ4n) is 11.6. The maximum atomic E-state index is 12.7. The highest BCUT2D eigenvalue weighted by Gasteiger charge is 2.29. The zero-order chi connectivity index (χ0) is 91.9. The number of esters is 1. The Labute approximate surface area is 745 Å². The molecule has 43 heteroatoms. The summed E-state index contributed by atoms with van der Waals surface area (Å²) in [7, 11) is 1.53. The average molecular weight is 1840 g/mol. The van der Waals surface area contributed by atoms with Gasteiger partial charge in [-0.3, -0.25) is 88.2 Å². The molecule has 0 spiro atoms. The second-order valence-corrected chi connectivity index (χ2v) is 30.5. The lowest BCUT2D eigenvalue weighted by molar-refractivity contribution is -0.142. The molecule has 14 rings (SSSR count). The molecule has 3 aromatic carbocycles. The molecule has 0 fully saturated rings. The molecule has 128 heavy (non-hydrogen) atoms. The van der Waals surface area contributed by atoms with E-state index in [1.807, 2.05) is 36.4 Å². The number of imide groups is 4. The van der Waals surface area contributed by atoms with Gasteiger partial charge in [-0.25, -0.2) is 29.0 Å². The van der Waals surface area contributed by atoms with Gasteiger partial charge < -0.3 is 65.1 Å². The molecule has 10 aromatic heterocycles. The van der Waals surface area contributed by atoms with E-state index in [9.17, 15) is 81.5 Å². The monoisotopic (exact) mass is 1830 g/mol. The van der Waals surface area contributed by atoms with Gasteiger partial charge in [0.05, 0.1) is 83.6 Å². The summed E-state index contributed by atoms with van der Waals surface area (Å²) in [5.41, 5.74) is 5.01. The van der Waals surface area contributed by atoms with Crippen LogP contribution in [0.1, 0.15) is 147 Å². The number of hydrogen-bond donors (Lipinski definition) is 11. The van der Waals surface area contributed by atoms with Gasteiger partial charge in [0.15, 0.2) is 5.78 Å². The normalized spacial score (nSPS) is 11.4. The second kappa shape index (κ2) is 46.2. The minimum Gasteiger partial charge on any atom is -0.466 e. The van der Waals surface area contributed by atoms with Crippen molar-refractivity contribution in [2.24, 2.45) is 7.05 Å². The zero-order valence-electron chi connectivity index (χ0n) is 68.5. The van der Waals surface area contributed by atoms with Crippen molar-refractivity contribution in [1.82, 2.24) is 50.2 Å². The van der Waals surface area contributed by atoms with Gasteiger partial charge >= 0.3 is 36.0 Å². The Hall–Kier alpha value is -15.6. The highest BCUT2D eigenvalue weighted by atomic mass is 32.1. The van der Waals surface area contributed by atoms with Crippen LogP contribution in [0, 0.1) is 0 Å². The van der Waals surface area contributed by atoms with Crippen molar-refractivity contribution < 1.29 is 95.6 Å². The molecular formula is C85H78N16O22S5. The molecule has 660 valence electrons. The van der Waals surface area contributed by atoms with Crippen LogP contribution in [-0.2, 0) is 46.7 Å². The third-order valence-corrected chi connectivity index (χ3v) is 21.6. The first-order valence-electron chi connectivity index (χ1n) is 38.5. The topological polar surface area (TPSA) is 520 Å². The Morgan fingerprint density at radius 1 is 0.453 bits per heavy atom. The van der Waals surface area contributed by atoms with Crippen LogP contribution in [0.4, 0.5) is 49.9 Å². The molecule has 0 radical (unpaired) electrons. The Kier molecular flexibility index (Phi) is 34.2. The first-order chi connectivity index (χ1) is 61.7. The highest BCUT2D eigenvalue weighted by Crippen LogP contribution is 2.32. The number of H-pyrrole nitrogens is 1. The molecule has 0 saturated carbocycles. The fraction of sp³-hybridized carbons (Fsp3) is 0.176. The molecule has 1 aliphatic rings. The van der Waals surface area contributed by atoms with Crippen molar-refractivity contribution in [2.45, 2.75) is 59.9 Å². The predicted octanol–water partition coefficient (Wildman–Crippen LogP) is 12.9. The number of benzene rings is 3. The van der Waals surface area contributed by atoms with E-state index in [2.05, 4.69) is 87.3 Å². The molecule has 0 bridgehead atoms. The number of aryl methyl sites for hydroxylation is 2. The predicted molar refractivity (Wildman–Crippen MR) is 479 cm³/mol. The van der Waals surface area contributed by atoms with E-state index in [1.165, 1.54) is 100.0 Å². The summed E-state index contributed by atoms with van der Waals surface area (Å²) < 4.78 is 26.4. The lowest BCUT2D eigenvalue weighted by Crippen LogP contribution is -2.38. The van der Waals surface area contributed by atoms with E-state index in [4.69, 9.17) is 9.47 Å². The van der Waals surface area contributed by atoms with Crippen LogP contribution in [0.5, 0.6) is 0 Å². The summed E-state index contributed by atoms with van der Waals surface area (Å²) in [5, 5.41) is 36.0. The van der Waals surface area contributed by atoms with E-state index in [0.717, 1.165) is 34.8 Å². The fourth-order valence-corrected chi connectivity index (χ4v) is 15.6. The molecule has 11 heterocycles. The third-order valence-electron chi connectivity index (χ3n) is 17.4. The summed E-state index contributed by atoms with van der Waals surface area (Å²) in [6.45, 7) is 8.99. The molecule has 0 saturated heterocycles. The Balaban J connectivity index is 0.000000167. The van der Waals surface area contributed by atoms with Crippen LogP contribution in [0.2, 0.25) is 0 Å². The molecule has 1 unspecified atom stereocenters. The number of carbonyl (C=O) groups is 15. The number of nitrogens with one attached hydrogen (secondary N) is 11. The summed E-state index contributed by atoms with van der Waals surface area (Å²) in [4.78, 5) is 218. The van der Waals surface area contributed by atoms with Crippen molar-refractivity contribution in [3.63, 3.8) is 0 Å². The van der Waals surface area contributed by atoms with Gasteiger partial charge in [0, 0.05) is 53.7 Å². The van der Waals surface area contributed by atoms with Crippen molar-refractivity contribution in [3.05, 3.63) is 268 Å². The number of para-hydroxylation sites is 2. The second-order valence-electron chi connectivity index (χ2n) is 25.9. The van der Waals surface area contributed by atoms with Gasteiger partial charge in [0.2, 0.25) is 11.5 Å². The maximum Gasteiger partial charge on any atom is 0.414 e. The summed E-state index contributed by atoms with van der Waals surface area (Å²) >= 11 is 5.85. The van der Waals surface area contributed by atoms with Crippen LogP contribution in [0.25, 0.3) is 27.5 Å². The van der Waals surface area contributed by atoms with E-state index < -0.39 is 89.6 Å². The van der Waals surface area contributed by atoms with E-state index in [-0.39, 0.29) is 106 Å². The van der Waals surface area contributed by atoms with Crippen molar-refractivity contribution >= 4 is 204 Å².